The quantitative estimate of drug-likeness (QED) is 0.0714. The van der Waals surface area contributed by atoms with Gasteiger partial charge >= 0.3 is 29.6 Å². The molecule has 152 valence electrons. The first-order valence-corrected chi connectivity index (χ1v) is 9.79. The van der Waals surface area contributed by atoms with Gasteiger partial charge in [-0.2, -0.15) is 4.33 Å². The fraction of sp³-hybridized carbons (Fsp3) is 0.533. The van der Waals surface area contributed by atoms with E-state index in [4.69, 9.17) is 0 Å². The molecule has 0 aromatic heterocycles. The molecule has 0 saturated heterocycles. The topological polar surface area (TPSA) is 166 Å². The Morgan fingerprint density at radius 2 is 1.79 bits per heavy atom. The van der Waals surface area contributed by atoms with Crippen molar-refractivity contribution >= 4 is 27.8 Å². The molecule has 0 bridgehead atoms. The van der Waals surface area contributed by atoms with E-state index >= 15 is 0 Å². The van der Waals surface area contributed by atoms with Gasteiger partial charge in [-0.15, -0.1) is 11.8 Å². The van der Waals surface area contributed by atoms with Crippen LogP contribution < -0.4 is 29.6 Å². The summed E-state index contributed by atoms with van der Waals surface area (Å²) in [4.78, 5) is 4.29. The van der Waals surface area contributed by atoms with Gasteiger partial charge in [0.2, 0.25) is 0 Å². The Balaban J connectivity index is 0.00000392. The summed E-state index contributed by atoms with van der Waals surface area (Å²) < 4.78 is 24.7. The third-order valence-electron chi connectivity index (χ3n) is 4.14. The van der Waals surface area contributed by atoms with E-state index in [0.717, 1.165) is 11.8 Å². The molecule has 1 saturated carbocycles. The predicted molar refractivity (Wildman–Crippen MR) is 94.7 cm³/mol. The summed E-state index contributed by atoms with van der Waals surface area (Å²) in [7, 11) is -2.94. The molecule has 1 fully saturated rings. The molecule has 1 aliphatic carbocycles. The molecule has 0 heterocycles. The second kappa shape index (κ2) is 12.3. The number of phenolic OH excluding ortho intramolecular Hbond substituents is 1. The summed E-state index contributed by atoms with van der Waals surface area (Å²) in [6.07, 6.45) is -3.67. The van der Waals surface area contributed by atoms with Crippen molar-refractivity contribution in [2.24, 2.45) is 11.1 Å². The van der Waals surface area contributed by atoms with Gasteiger partial charge in [0.15, 0.2) is 0 Å². The molecule has 1 aromatic carbocycles. The van der Waals surface area contributed by atoms with Gasteiger partial charge in [-0.1, -0.05) is 12.1 Å². The van der Waals surface area contributed by atoms with Crippen molar-refractivity contribution in [3.05, 3.63) is 29.8 Å². The zero-order chi connectivity index (χ0) is 20.0. The minimum Gasteiger partial charge on any atom is -0.508 e. The van der Waals surface area contributed by atoms with Gasteiger partial charge in [0, 0.05) is 24.2 Å². The van der Waals surface area contributed by atoms with Crippen LogP contribution in [0.4, 0.5) is 0 Å². The van der Waals surface area contributed by atoms with Crippen molar-refractivity contribution in [2.75, 3.05) is 6.61 Å². The Morgan fingerprint density at radius 1 is 1.14 bits per heavy atom. The molecule has 5 atom stereocenters. The normalized spacial score (nSPS) is 28.0. The molecule has 0 amide bonds. The Bertz CT molecular complexity index is 706. The van der Waals surface area contributed by atoms with Crippen LogP contribution in [-0.2, 0) is 35.1 Å². The number of aliphatic hydroxyl groups is 4. The molecule has 0 aliphatic heterocycles. The zero-order valence-corrected chi connectivity index (χ0v) is 18.6. The maximum atomic E-state index is 10.4. The molecule has 13 heteroatoms. The number of hydrogen-bond donors (Lipinski definition) is 5. The number of oxime groups is 1. The van der Waals surface area contributed by atoms with Gasteiger partial charge in [0.05, 0.1) is 23.2 Å². The van der Waals surface area contributed by atoms with E-state index < -0.39 is 40.5 Å². The zero-order valence-electron chi connectivity index (χ0n) is 15.0. The van der Waals surface area contributed by atoms with Crippen molar-refractivity contribution in [3.8, 4) is 5.75 Å². The van der Waals surface area contributed by atoms with Gasteiger partial charge in [-0.05, 0) is 29.3 Å². The third kappa shape index (κ3) is 7.44. The summed E-state index contributed by atoms with van der Waals surface area (Å²) >= 11 is 0.999. The predicted octanol–water partition coefficient (Wildman–Crippen LogP) is -3.38. The van der Waals surface area contributed by atoms with Crippen molar-refractivity contribution in [1.29, 1.82) is 0 Å². The van der Waals surface area contributed by atoms with Crippen molar-refractivity contribution in [2.45, 2.75) is 36.4 Å². The second-order valence-electron chi connectivity index (χ2n) is 5.98. The molecule has 0 unspecified atom stereocenters. The van der Waals surface area contributed by atoms with E-state index in [0.29, 0.717) is 5.56 Å². The Kier molecular flexibility index (Phi) is 11.3. The number of benzene rings is 1. The summed E-state index contributed by atoms with van der Waals surface area (Å²) in [6, 6.07) is 6.15. The summed E-state index contributed by atoms with van der Waals surface area (Å²) in [5, 5.41) is 51.9. The monoisotopic (exact) mass is 445 g/mol. The van der Waals surface area contributed by atoms with Crippen LogP contribution in [0, 0.1) is 5.92 Å². The van der Waals surface area contributed by atoms with Crippen LogP contribution in [-0.4, -0.2) is 60.7 Å². The Morgan fingerprint density at radius 3 is 2.36 bits per heavy atom. The van der Waals surface area contributed by atoms with Crippen molar-refractivity contribution in [1.82, 2.24) is 0 Å². The van der Waals surface area contributed by atoms with Crippen LogP contribution in [0.1, 0.15) is 12.0 Å². The summed E-state index contributed by atoms with van der Waals surface area (Å²) in [6.45, 7) is -0.374. The van der Waals surface area contributed by atoms with E-state index in [-0.39, 0.29) is 59.8 Å². The molecule has 1 aromatic rings. The van der Waals surface area contributed by atoms with E-state index in [2.05, 4.69) is 14.5 Å². The summed E-state index contributed by atoms with van der Waals surface area (Å²) in [5.41, 5.74) is 0.704. The molecule has 2 rings (SSSR count). The van der Waals surface area contributed by atoms with Crippen LogP contribution in [0.2, 0.25) is 0 Å². The Hall–Kier alpha value is -0.410. The molecule has 0 radical (unpaired) electrons. The van der Waals surface area contributed by atoms with E-state index in [1.807, 2.05) is 0 Å². The van der Waals surface area contributed by atoms with E-state index in [1.54, 1.807) is 12.1 Å². The van der Waals surface area contributed by atoms with E-state index in [1.165, 1.54) is 12.1 Å². The van der Waals surface area contributed by atoms with Gasteiger partial charge in [0.1, 0.15) is 16.9 Å². The first-order chi connectivity index (χ1) is 12.8. The van der Waals surface area contributed by atoms with Crippen LogP contribution in [0.5, 0.6) is 5.75 Å². The van der Waals surface area contributed by atoms with Crippen LogP contribution in [0.25, 0.3) is 0 Å². The molecule has 0 spiro atoms. The Labute approximate surface area is 189 Å². The number of nitrogens with zero attached hydrogens (tertiary/aromatic N) is 1. The minimum absolute atomic E-state index is 0. The summed E-state index contributed by atoms with van der Waals surface area (Å²) in [5.74, 6) is -0.570. The fourth-order valence-electron chi connectivity index (χ4n) is 2.72. The fourth-order valence-corrected chi connectivity index (χ4v) is 4.12. The molecule has 28 heavy (non-hydrogen) atoms. The van der Waals surface area contributed by atoms with Crippen LogP contribution in [0.15, 0.2) is 29.4 Å². The first kappa shape index (κ1) is 25.6. The molecular formula is C15H20NNaO9S2. The first-order valence-electron chi connectivity index (χ1n) is 7.91. The number of phenols is 1. The number of aromatic hydroxyl groups is 1. The second-order valence-corrected chi connectivity index (χ2v) is 7.84. The maximum Gasteiger partial charge on any atom is 1.00 e. The van der Waals surface area contributed by atoms with Crippen LogP contribution >= 0.6 is 11.8 Å². The third-order valence-corrected chi connectivity index (χ3v) is 5.57. The number of thioether (sulfide) groups is 1. The van der Waals surface area contributed by atoms with Gasteiger partial charge < -0.3 is 34.0 Å². The smallest absolute Gasteiger partial charge is 0.508 e. The van der Waals surface area contributed by atoms with Crippen LogP contribution in [0.3, 0.4) is 0 Å². The average molecular weight is 445 g/mol. The van der Waals surface area contributed by atoms with Gasteiger partial charge in [-0.25, -0.2) is 4.99 Å². The van der Waals surface area contributed by atoms with Gasteiger partial charge in [-0.3, -0.25) is 0 Å². The molecule has 5 N–H and O–H groups in total. The van der Waals surface area contributed by atoms with Gasteiger partial charge in [0.25, 0.3) is 0 Å². The number of rotatable bonds is 7. The molecular weight excluding hydrogens is 425 g/mol. The van der Waals surface area contributed by atoms with E-state index in [9.17, 15) is 34.0 Å². The average Bonchev–Trinajstić information content (AvgIpc) is 2.63. The maximum absolute atomic E-state index is 10.4. The van der Waals surface area contributed by atoms with Crippen molar-refractivity contribution < 1.29 is 72.8 Å². The largest absolute Gasteiger partial charge is 1.00 e. The number of hydrogen-bond acceptors (Lipinski definition) is 12. The number of aliphatic hydroxyl groups excluding tert-OH is 4. The molecule has 1 aliphatic rings. The van der Waals surface area contributed by atoms with Crippen molar-refractivity contribution in [3.63, 3.8) is 0 Å². The standard InChI is InChI=1S/C15H20NO9S2.Na/c17-7-9-6-11(14(20)15(21)13(9)19)26-12(16-24-25-27(22)23)5-8-1-3-10(18)4-2-8;/h1-4,9,11,13-15,17-21H,5-7H2;/q-1;+1/b16-12-;/t9-,11-,13+,14+,15+;/m1./s1. The SMILES string of the molecule is O=[S-](=O)OO/N=C(/Cc1ccc(O)cc1)S[C@@H]1C[C@H](CO)[C@H](O)[C@H](O)[C@H]1O.[Na+]. The molecule has 10 nitrogen and oxygen atoms in total. The minimum atomic E-state index is -2.94.